The first kappa shape index (κ1) is 21.9. The summed E-state index contributed by atoms with van der Waals surface area (Å²) in [7, 11) is -3.95. The van der Waals surface area contributed by atoms with Gasteiger partial charge in [0.25, 0.3) is 10.1 Å². The maximum absolute atomic E-state index is 10.9. The van der Waals surface area contributed by atoms with Crippen LogP contribution in [-0.2, 0) is 10.1 Å². The first-order valence-electron chi connectivity index (χ1n) is 9.02. The van der Waals surface area contributed by atoms with Gasteiger partial charge in [-0.3, -0.25) is 4.55 Å². The fraction of sp³-hybridized carbons (Fsp3) is 1.00. The second kappa shape index (κ2) is 13.3. The van der Waals surface area contributed by atoms with Crippen LogP contribution in [0.4, 0.5) is 0 Å². The average molecular weight is 337 g/mol. The lowest BCUT2D eigenvalue weighted by molar-refractivity contribution is 0.148. The lowest BCUT2D eigenvalue weighted by Gasteiger charge is -2.13. The van der Waals surface area contributed by atoms with Gasteiger partial charge >= 0.3 is 0 Å². The molecule has 0 aliphatic rings. The van der Waals surface area contributed by atoms with Gasteiger partial charge in [0.1, 0.15) is 0 Å². The summed E-state index contributed by atoms with van der Waals surface area (Å²) in [6, 6.07) is 0. The summed E-state index contributed by atoms with van der Waals surface area (Å²) in [6.07, 6.45) is 13.7. The van der Waals surface area contributed by atoms with E-state index in [1.165, 1.54) is 58.3 Å². The van der Waals surface area contributed by atoms with Crippen molar-refractivity contribution in [1.29, 1.82) is 0 Å². The molecule has 0 fully saturated rings. The summed E-state index contributed by atoms with van der Waals surface area (Å²) in [5.41, 5.74) is 0. The number of hydrogen-bond donors (Lipinski definition) is 2. The third-order valence-corrected chi connectivity index (χ3v) is 5.56. The summed E-state index contributed by atoms with van der Waals surface area (Å²) in [4.78, 5) is 0. The molecule has 5 heteroatoms. The van der Waals surface area contributed by atoms with E-state index in [9.17, 15) is 13.5 Å². The van der Waals surface area contributed by atoms with E-state index >= 15 is 0 Å². The van der Waals surface area contributed by atoms with Crippen LogP contribution in [0.2, 0.25) is 0 Å². The minimum absolute atomic E-state index is 0.317. The molecule has 0 aliphatic heterocycles. The van der Waals surface area contributed by atoms with E-state index in [0.29, 0.717) is 12.8 Å². The van der Waals surface area contributed by atoms with Gasteiger partial charge in [-0.25, -0.2) is 0 Å². The van der Waals surface area contributed by atoms with Crippen molar-refractivity contribution in [3.8, 4) is 0 Å². The molecule has 2 N–H and O–H groups in total. The number of hydrogen-bond acceptors (Lipinski definition) is 3. The maximum atomic E-state index is 10.9. The molecular weight excluding hydrogens is 300 g/mol. The third kappa shape index (κ3) is 13.5. The molecule has 0 aliphatic carbocycles. The predicted molar refractivity (Wildman–Crippen MR) is 92.7 cm³/mol. The van der Waals surface area contributed by atoms with Gasteiger partial charge in [-0.05, 0) is 26.2 Å². The van der Waals surface area contributed by atoms with Gasteiger partial charge in [-0.1, -0.05) is 71.1 Å². The standard InChI is InChI=1S/C17H36O4S/c1-3-4-5-6-7-8-9-10-11-12-13-17(18)15-14-16(2)22(19,20)21/h16-18H,3-15H2,1-2H3,(H,19,20,21). The Bertz CT molecular complexity index is 341. The Balaban J connectivity index is 3.37. The molecule has 22 heavy (non-hydrogen) atoms. The number of rotatable bonds is 15. The van der Waals surface area contributed by atoms with Crippen LogP contribution in [0.3, 0.4) is 0 Å². The zero-order valence-corrected chi connectivity index (χ0v) is 15.3. The molecule has 2 unspecified atom stereocenters. The zero-order chi connectivity index (χ0) is 16.8. The second-order valence-electron chi connectivity index (χ2n) is 6.53. The Morgan fingerprint density at radius 1 is 0.773 bits per heavy atom. The van der Waals surface area contributed by atoms with Crippen LogP contribution in [0, 0.1) is 0 Å². The maximum Gasteiger partial charge on any atom is 0.267 e. The van der Waals surface area contributed by atoms with Crippen LogP contribution in [0.5, 0.6) is 0 Å². The third-order valence-electron chi connectivity index (χ3n) is 4.31. The minimum Gasteiger partial charge on any atom is -0.393 e. The van der Waals surface area contributed by atoms with Crippen molar-refractivity contribution in [2.75, 3.05) is 0 Å². The summed E-state index contributed by atoms with van der Waals surface area (Å²) >= 11 is 0. The van der Waals surface area contributed by atoms with Gasteiger partial charge in [0.2, 0.25) is 0 Å². The van der Waals surface area contributed by atoms with E-state index in [0.717, 1.165) is 19.3 Å². The van der Waals surface area contributed by atoms with Crippen LogP contribution >= 0.6 is 0 Å². The van der Waals surface area contributed by atoms with E-state index in [1.807, 2.05) is 0 Å². The molecule has 0 saturated heterocycles. The predicted octanol–water partition coefficient (Wildman–Crippen LogP) is 4.71. The number of aliphatic hydroxyl groups excluding tert-OH is 1. The summed E-state index contributed by atoms with van der Waals surface area (Å²) in [5.74, 6) is 0. The van der Waals surface area contributed by atoms with E-state index in [1.54, 1.807) is 0 Å². The van der Waals surface area contributed by atoms with Crippen molar-refractivity contribution in [3.63, 3.8) is 0 Å². The van der Waals surface area contributed by atoms with E-state index in [-0.39, 0.29) is 0 Å². The highest BCUT2D eigenvalue weighted by atomic mass is 32.2. The van der Waals surface area contributed by atoms with Gasteiger partial charge in [0.15, 0.2) is 0 Å². The molecule has 0 aromatic heterocycles. The van der Waals surface area contributed by atoms with Crippen molar-refractivity contribution in [2.45, 2.75) is 109 Å². The first-order valence-corrected chi connectivity index (χ1v) is 10.5. The molecule has 0 saturated carbocycles. The normalized spacial score (nSPS) is 14.9. The SMILES string of the molecule is CCCCCCCCCCCCC(O)CCC(C)S(=O)(=O)O. The Kier molecular flexibility index (Phi) is 13.2. The van der Waals surface area contributed by atoms with Crippen molar-refractivity contribution in [2.24, 2.45) is 0 Å². The molecule has 0 amide bonds. The van der Waals surface area contributed by atoms with Crippen LogP contribution in [0.15, 0.2) is 0 Å². The average Bonchev–Trinajstić information content (AvgIpc) is 2.45. The highest BCUT2D eigenvalue weighted by molar-refractivity contribution is 7.86. The topological polar surface area (TPSA) is 74.6 Å². The molecule has 134 valence electrons. The molecule has 2 atom stereocenters. The van der Waals surface area contributed by atoms with Crippen LogP contribution in [0.25, 0.3) is 0 Å². The summed E-state index contributed by atoms with van der Waals surface area (Å²) in [6.45, 7) is 3.71. The molecule has 0 aromatic carbocycles. The molecule has 4 nitrogen and oxygen atoms in total. The number of unbranched alkanes of at least 4 members (excludes halogenated alkanes) is 9. The van der Waals surface area contributed by atoms with E-state index < -0.39 is 21.5 Å². The zero-order valence-electron chi connectivity index (χ0n) is 14.5. The van der Waals surface area contributed by atoms with Gasteiger partial charge in [0, 0.05) is 0 Å². The Hall–Kier alpha value is -0.130. The molecule has 0 heterocycles. The summed E-state index contributed by atoms with van der Waals surface area (Å²) in [5, 5.41) is 9.03. The quantitative estimate of drug-likeness (QED) is 0.335. The van der Waals surface area contributed by atoms with Crippen molar-refractivity contribution < 1.29 is 18.1 Å². The van der Waals surface area contributed by atoms with Crippen LogP contribution in [-0.4, -0.2) is 29.4 Å². The number of aliphatic hydroxyl groups is 1. The Labute approximate surface area is 137 Å². The fourth-order valence-corrected chi connectivity index (χ4v) is 3.02. The highest BCUT2D eigenvalue weighted by Gasteiger charge is 2.18. The lowest BCUT2D eigenvalue weighted by atomic mass is 10.0. The lowest BCUT2D eigenvalue weighted by Crippen LogP contribution is -2.19. The minimum atomic E-state index is -3.95. The van der Waals surface area contributed by atoms with Gasteiger partial charge < -0.3 is 5.11 Å². The monoisotopic (exact) mass is 336 g/mol. The summed E-state index contributed by atoms with van der Waals surface area (Å²) < 4.78 is 30.6. The van der Waals surface area contributed by atoms with Crippen LogP contribution in [0.1, 0.15) is 97.3 Å². The Morgan fingerprint density at radius 3 is 1.68 bits per heavy atom. The molecule has 0 aromatic rings. The fourth-order valence-electron chi connectivity index (χ4n) is 2.59. The van der Waals surface area contributed by atoms with Gasteiger partial charge in [-0.15, -0.1) is 0 Å². The molecular formula is C17H36O4S. The second-order valence-corrected chi connectivity index (χ2v) is 8.36. The molecule has 0 spiro atoms. The van der Waals surface area contributed by atoms with Crippen molar-refractivity contribution in [3.05, 3.63) is 0 Å². The molecule has 0 bridgehead atoms. The first-order chi connectivity index (χ1) is 10.4. The largest absolute Gasteiger partial charge is 0.393 e. The highest BCUT2D eigenvalue weighted by Crippen LogP contribution is 2.15. The van der Waals surface area contributed by atoms with Gasteiger partial charge in [0.05, 0.1) is 11.4 Å². The Morgan fingerprint density at radius 2 is 1.23 bits per heavy atom. The van der Waals surface area contributed by atoms with Crippen molar-refractivity contribution >= 4 is 10.1 Å². The van der Waals surface area contributed by atoms with Crippen molar-refractivity contribution in [1.82, 2.24) is 0 Å². The molecule has 0 radical (unpaired) electrons. The van der Waals surface area contributed by atoms with Crippen LogP contribution < -0.4 is 0 Å². The van der Waals surface area contributed by atoms with Gasteiger partial charge in [-0.2, -0.15) is 8.42 Å². The van der Waals surface area contributed by atoms with E-state index in [2.05, 4.69) is 6.92 Å². The smallest absolute Gasteiger partial charge is 0.267 e. The molecule has 0 rings (SSSR count). The van der Waals surface area contributed by atoms with E-state index in [4.69, 9.17) is 4.55 Å².